The van der Waals surface area contributed by atoms with E-state index < -0.39 is 0 Å². The van der Waals surface area contributed by atoms with E-state index >= 15 is 0 Å². The number of nitrogen functional groups attached to an aromatic ring is 1. The molecule has 1 aliphatic heterocycles. The minimum Gasteiger partial charge on any atom is -0.493 e. The number of ether oxygens (including phenoxy) is 3. The molecular weight excluding hydrogens is 270 g/mol. The van der Waals surface area contributed by atoms with Gasteiger partial charge in [-0.1, -0.05) is 6.92 Å². The van der Waals surface area contributed by atoms with Gasteiger partial charge in [0.1, 0.15) is 0 Å². The van der Waals surface area contributed by atoms with Crippen LogP contribution in [0.2, 0.25) is 0 Å². The predicted octanol–water partition coefficient (Wildman–Crippen LogP) is 1.42. The lowest BCUT2D eigenvalue weighted by molar-refractivity contribution is -0.0191. The van der Waals surface area contributed by atoms with Crippen molar-refractivity contribution in [3.63, 3.8) is 0 Å². The summed E-state index contributed by atoms with van der Waals surface area (Å²) in [7, 11) is 3.21. The highest BCUT2D eigenvalue weighted by molar-refractivity contribution is 5.72. The molecule has 1 heterocycles. The maximum Gasteiger partial charge on any atom is 0.162 e. The quantitative estimate of drug-likeness (QED) is 0.774. The average molecular weight is 295 g/mol. The largest absolute Gasteiger partial charge is 0.493 e. The minimum atomic E-state index is 0.172. The minimum absolute atomic E-state index is 0.172. The van der Waals surface area contributed by atoms with Gasteiger partial charge in [0.2, 0.25) is 0 Å². The van der Waals surface area contributed by atoms with Gasteiger partial charge in [0.05, 0.1) is 38.3 Å². The van der Waals surface area contributed by atoms with E-state index in [2.05, 4.69) is 17.1 Å². The van der Waals surface area contributed by atoms with E-state index in [0.717, 1.165) is 38.5 Å². The summed E-state index contributed by atoms with van der Waals surface area (Å²) in [5.74, 6) is 1.29. The van der Waals surface area contributed by atoms with Crippen LogP contribution in [0.15, 0.2) is 12.1 Å². The van der Waals surface area contributed by atoms with Crippen molar-refractivity contribution < 1.29 is 14.2 Å². The van der Waals surface area contributed by atoms with E-state index in [4.69, 9.17) is 19.9 Å². The maximum atomic E-state index is 6.04. The summed E-state index contributed by atoms with van der Waals surface area (Å²) in [6.07, 6.45) is 0.172. The third-order valence-corrected chi connectivity index (χ3v) is 3.75. The van der Waals surface area contributed by atoms with Crippen LogP contribution in [0.4, 0.5) is 11.4 Å². The van der Waals surface area contributed by atoms with Crippen molar-refractivity contribution in [2.75, 3.05) is 58.1 Å². The molecule has 1 aromatic carbocycles. The van der Waals surface area contributed by atoms with Crippen LogP contribution >= 0.6 is 0 Å². The first-order valence-electron chi connectivity index (χ1n) is 7.27. The van der Waals surface area contributed by atoms with E-state index in [0.29, 0.717) is 17.2 Å². The van der Waals surface area contributed by atoms with Crippen LogP contribution in [0.1, 0.15) is 6.92 Å². The normalized spacial score (nSPS) is 19.3. The van der Waals surface area contributed by atoms with Crippen molar-refractivity contribution in [1.82, 2.24) is 4.90 Å². The van der Waals surface area contributed by atoms with Gasteiger partial charge in [0.25, 0.3) is 0 Å². The van der Waals surface area contributed by atoms with Crippen molar-refractivity contribution >= 4 is 11.4 Å². The van der Waals surface area contributed by atoms with E-state index in [-0.39, 0.29) is 6.10 Å². The Hall–Kier alpha value is -1.66. The van der Waals surface area contributed by atoms with Crippen LogP contribution in [-0.4, -0.2) is 58.0 Å². The second-order valence-electron chi connectivity index (χ2n) is 5.06. The summed E-state index contributed by atoms with van der Waals surface area (Å²) < 4.78 is 16.3. The number of rotatable bonds is 6. The van der Waals surface area contributed by atoms with Gasteiger partial charge < -0.3 is 25.3 Å². The van der Waals surface area contributed by atoms with Gasteiger partial charge in [-0.3, -0.25) is 4.90 Å². The molecule has 0 bridgehead atoms. The molecule has 6 nitrogen and oxygen atoms in total. The van der Waals surface area contributed by atoms with Gasteiger partial charge in [-0.05, 0) is 6.54 Å². The fourth-order valence-corrected chi connectivity index (χ4v) is 2.46. The molecule has 1 atom stereocenters. The lowest BCUT2D eigenvalue weighted by atomic mass is 10.2. The third kappa shape index (κ3) is 3.92. The first-order valence-corrected chi connectivity index (χ1v) is 7.27. The molecule has 0 aliphatic carbocycles. The Balaban J connectivity index is 1.99. The maximum absolute atomic E-state index is 6.04. The molecule has 1 fully saturated rings. The summed E-state index contributed by atoms with van der Waals surface area (Å²) in [5.41, 5.74) is 7.51. The standard InChI is InChI=1S/C15H25N3O3/c1-4-18-5-6-21-11(10-18)9-17-13-8-15(20-3)14(19-2)7-12(13)16/h7-8,11,17H,4-6,9-10,16H2,1-3H3. The van der Waals surface area contributed by atoms with Crippen LogP contribution in [0, 0.1) is 0 Å². The number of benzene rings is 1. The van der Waals surface area contributed by atoms with Gasteiger partial charge in [-0.15, -0.1) is 0 Å². The number of methoxy groups -OCH3 is 2. The van der Waals surface area contributed by atoms with Crippen LogP contribution in [0.3, 0.4) is 0 Å². The Kier molecular flexibility index (Phi) is 5.52. The first-order chi connectivity index (χ1) is 10.2. The van der Waals surface area contributed by atoms with Crippen molar-refractivity contribution in [3.05, 3.63) is 12.1 Å². The second-order valence-corrected chi connectivity index (χ2v) is 5.06. The third-order valence-electron chi connectivity index (χ3n) is 3.75. The molecule has 0 amide bonds. The topological polar surface area (TPSA) is 69.0 Å². The monoisotopic (exact) mass is 295 g/mol. The second kappa shape index (κ2) is 7.38. The number of nitrogens with one attached hydrogen (secondary N) is 1. The molecule has 0 radical (unpaired) electrons. The van der Waals surface area contributed by atoms with E-state index in [1.807, 2.05) is 6.07 Å². The lowest BCUT2D eigenvalue weighted by Crippen LogP contribution is -2.45. The molecule has 6 heteroatoms. The molecule has 21 heavy (non-hydrogen) atoms. The Morgan fingerprint density at radius 3 is 2.71 bits per heavy atom. The molecule has 1 unspecified atom stereocenters. The highest BCUT2D eigenvalue weighted by atomic mass is 16.5. The van der Waals surface area contributed by atoms with Gasteiger partial charge in [0, 0.05) is 31.8 Å². The summed E-state index contributed by atoms with van der Waals surface area (Å²) >= 11 is 0. The smallest absolute Gasteiger partial charge is 0.162 e. The summed E-state index contributed by atoms with van der Waals surface area (Å²) in [4.78, 5) is 2.38. The number of nitrogens with two attached hydrogens (primary N) is 1. The van der Waals surface area contributed by atoms with Crippen molar-refractivity contribution in [2.45, 2.75) is 13.0 Å². The first kappa shape index (κ1) is 15.7. The zero-order valence-corrected chi connectivity index (χ0v) is 13.0. The van der Waals surface area contributed by atoms with E-state index in [1.54, 1.807) is 20.3 Å². The molecule has 118 valence electrons. The van der Waals surface area contributed by atoms with Gasteiger partial charge in [-0.2, -0.15) is 0 Å². The van der Waals surface area contributed by atoms with E-state index in [9.17, 15) is 0 Å². The predicted molar refractivity (Wildman–Crippen MR) is 84.3 cm³/mol. The Morgan fingerprint density at radius 1 is 1.33 bits per heavy atom. The molecule has 0 aromatic heterocycles. The number of hydrogen-bond donors (Lipinski definition) is 2. The van der Waals surface area contributed by atoms with Gasteiger partial charge in [-0.25, -0.2) is 0 Å². The van der Waals surface area contributed by atoms with Crippen LogP contribution in [-0.2, 0) is 4.74 Å². The van der Waals surface area contributed by atoms with Crippen LogP contribution in [0.25, 0.3) is 0 Å². The van der Waals surface area contributed by atoms with Crippen LogP contribution < -0.4 is 20.5 Å². The van der Waals surface area contributed by atoms with Crippen molar-refractivity contribution in [3.8, 4) is 11.5 Å². The number of morpholine rings is 1. The summed E-state index contributed by atoms with van der Waals surface area (Å²) in [5, 5.41) is 3.34. The molecule has 1 saturated heterocycles. The highest BCUT2D eigenvalue weighted by Gasteiger charge is 2.19. The zero-order valence-electron chi connectivity index (χ0n) is 13.0. The number of likely N-dealkylation sites (N-methyl/N-ethyl adjacent to an activating group) is 1. The fourth-order valence-electron chi connectivity index (χ4n) is 2.46. The fraction of sp³-hybridized carbons (Fsp3) is 0.600. The highest BCUT2D eigenvalue weighted by Crippen LogP contribution is 2.34. The molecule has 0 spiro atoms. The number of hydrogen-bond acceptors (Lipinski definition) is 6. The number of nitrogens with zero attached hydrogens (tertiary/aromatic N) is 1. The van der Waals surface area contributed by atoms with Gasteiger partial charge in [0.15, 0.2) is 11.5 Å². The molecule has 3 N–H and O–H groups in total. The average Bonchev–Trinajstić information content (AvgIpc) is 2.53. The van der Waals surface area contributed by atoms with Crippen LogP contribution in [0.5, 0.6) is 11.5 Å². The lowest BCUT2D eigenvalue weighted by Gasteiger charge is -2.32. The van der Waals surface area contributed by atoms with Crippen molar-refractivity contribution in [1.29, 1.82) is 0 Å². The number of anilines is 2. The SMILES string of the molecule is CCN1CCOC(CNc2cc(OC)c(OC)cc2N)C1. The summed E-state index contributed by atoms with van der Waals surface area (Å²) in [6.45, 7) is 6.67. The summed E-state index contributed by atoms with van der Waals surface area (Å²) in [6, 6.07) is 3.62. The Labute approximate surface area is 126 Å². The molecule has 2 rings (SSSR count). The van der Waals surface area contributed by atoms with Crippen molar-refractivity contribution in [2.24, 2.45) is 0 Å². The van der Waals surface area contributed by atoms with Gasteiger partial charge >= 0.3 is 0 Å². The molecule has 0 saturated carbocycles. The zero-order chi connectivity index (χ0) is 15.2. The Morgan fingerprint density at radius 2 is 2.05 bits per heavy atom. The molecular formula is C15H25N3O3. The van der Waals surface area contributed by atoms with E-state index in [1.165, 1.54) is 0 Å². The molecule has 1 aromatic rings. The molecule has 1 aliphatic rings. The Bertz CT molecular complexity index is 468.